The van der Waals surface area contributed by atoms with E-state index in [0.29, 0.717) is 5.54 Å². The summed E-state index contributed by atoms with van der Waals surface area (Å²) in [6, 6.07) is 0.758. The van der Waals surface area contributed by atoms with Crippen molar-refractivity contribution < 1.29 is 0 Å². The van der Waals surface area contributed by atoms with Crippen LogP contribution < -0.4 is 0 Å². The first-order valence-corrected chi connectivity index (χ1v) is 4.66. The molecule has 0 saturated carbocycles. The minimum absolute atomic E-state index is 0.414. The van der Waals surface area contributed by atoms with Gasteiger partial charge in [-0.3, -0.25) is 4.90 Å². The number of piperidine rings is 1. The fourth-order valence-corrected chi connectivity index (χ4v) is 2.42. The number of nitrogens with zero attached hydrogens (tertiary/aromatic N) is 1. The molecule has 1 aliphatic heterocycles. The van der Waals surface area contributed by atoms with E-state index in [1.54, 1.807) is 0 Å². The molecule has 0 spiro atoms. The van der Waals surface area contributed by atoms with Crippen LogP contribution in [-0.2, 0) is 0 Å². The van der Waals surface area contributed by atoms with Crippen molar-refractivity contribution in [3.63, 3.8) is 0 Å². The summed E-state index contributed by atoms with van der Waals surface area (Å²) < 4.78 is 0. The van der Waals surface area contributed by atoms with Crippen LogP contribution in [0.1, 0.15) is 40.5 Å². The number of rotatable bonds is 0. The molecule has 1 fully saturated rings. The molecule has 1 aliphatic rings. The predicted octanol–water partition coefficient (Wildman–Crippen LogP) is 2.52. The van der Waals surface area contributed by atoms with Crippen molar-refractivity contribution in [2.75, 3.05) is 7.05 Å². The number of hydrogen-bond acceptors (Lipinski definition) is 1. The van der Waals surface area contributed by atoms with Gasteiger partial charge in [0.2, 0.25) is 0 Å². The number of hydrogen-bond donors (Lipinski definition) is 0. The lowest BCUT2D eigenvalue weighted by Crippen LogP contribution is -2.51. The van der Waals surface area contributed by atoms with Crippen molar-refractivity contribution in [3.05, 3.63) is 0 Å². The van der Waals surface area contributed by atoms with Gasteiger partial charge >= 0.3 is 0 Å². The average molecular weight is 155 g/mol. The highest BCUT2D eigenvalue weighted by Gasteiger charge is 2.34. The van der Waals surface area contributed by atoms with Gasteiger partial charge in [0.1, 0.15) is 0 Å². The highest BCUT2D eigenvalue weighted by atomic mass is 15.2. The van der Waals surface area contributed by atoms with E-state index in [4.69, 9.17) is 0 Å². The van der Waals surface area contributed by atoms with Gasteiger partial charge < -0.3 is 0 Å². The quantitative estimate of drug-likeness (QED) is 0.519. The summed E-state index contributed by atoms with van der Waals surface area (Å²) in [5.41, 5.74) is 0.414. The maximum Gasteiger partial charge on any atom is 0.0155 e. The second-order valence-electron chi connectivity index (χ2n) is 4.82. The van der Waals surface area contributed by atoms with Crippen LogP contribution in [0.2, 0.25) is 0 Å². The summed E-state index contributed by atoms with van der Waals surface area (Å²) >= 11 is 0. The standard InChI is InChI=1S/C10H21N/c1-8-6-9(2)11(5)10(3,4)7-8/h8-9H,6-7H2,1-5H3/t8-,9+/m1/s1. The zero-order valence-corrected chi connectivity index (χ0v) is 8.52. The molecule has 2 atom stereocenters. The van der Waals surface area contributed by atoms with E-state index < -0.39 is 0 Å². The number of likely N-dealkylation sites (tertiary alicyclic amines) is 1. The van der Waals surface area contributed by atoms with Crippen LogP contribution in [-0.4, -0.2) is 23.5 Å². The molecular formula is C10H21N. The van der Waals surface area contributed by atoms with Gasteiger partial charge in [0.15, 0.2) is 0 Å². The van der Waals surface area contributed by atoms with Gasteiger partial charge in [-0.05, 0) is 46.6 Å². The van der Waals surface area contributed by atoms with Crippen LogP contribution in [0, 0.1) is 5.92 Å². The van der Waals surface area contributed by atoms with Crippen molar-refractivity contribution in [1.82, 2.24) is 4.90 Å². The Labute approximate surface area is 70.8 Å². The Morgan fingerprint density at radius 2 is 1.82 bits per heavy atom. The Hall–Kier alpha value is -0.0400. The second-order valence-corrected chi connectivity index (χ2v) is 4.82. The normalized spacial score (nSPS) is 39.0. The lowest BCUT2D eigenvalue weighted by atomic mass is 9.81. The highest BCUT2D eigenvalue weighted by molar-refractivity contribution is 4.89. The summed E-state index contributed by atoms with van der Waals surface area (Å²) in [6.07, 6.45) is 2.70. The second kappa shape index (κ2) is 2.78. The van der Waals surface area contributed by atoms with E-state index in [9.17, 15) is 0 Å². The van der Waals surface area contributed by atoms with E-state index >= 15 is 0 Å². The van der Waals surface area contributed by atoms with Crippen LogP contribution in [0.25, 0.3) is 0 Å². The van der Waals surface area contributed by atoms with Crippen LogP contribution in [0.5, 0.6) is 0 Å². The van der Waals surface area contributed by atoms with E-state index in [-0.39, 0.29) is 0 Å². The Morgan fingerprint density at radius 1 is 1.27 bits per heavy atom. The third-order valence-corrected chi connectivity index (χ3v) is 3.21. The molecule has 0 aromatic rings. The summed E-state index contributed by atoms with van der Waals surface area (Å²) in [5.74, 6) is 0.899. The Bertz CT molecular complexity index is 140. The monoisotopic (exact) mass is 155 g/mol. The average Bonchev–Trinajstić information content (AvgIpc) is 1.81. The van der Waals surface area contributed by atoms with Gasteiger partial charge in [0, 0.05) is 11.6 Å². The largest absolute Gasteiger partial charge is 0.299 e. The minimum atomic E-state index is 0.414. The molecule has 11 heavy (non-hydrogen) atoms. The van der Waals surface area contributed by atoms with Crippen molar-refractivity contribution >= 4 is 0 Å². The fraction of sp³-hybridized carbons (Fsp3) is 1.00. The molecule has 0 N–H and O–H groups in total. The molecule has 0 radical (unpaired) electrons. The highest BCUT2D eigenvalue weighted by Crippen LogP contribution is 2.33. The fourth-order valence-electron chi connectivity index (χ4n) is 2.42. The molecular weight excluding hydrogens is 134 g/mol. The molecule has 0 amide bonds. The summed E-state index contributed by atoms with van der Waals surface area (Å²) in [7, 11) is 2.25. The predicted molar refractivity (Wildman–Crippen MR) is 49.7 cm³/mol. The molecule has 0 bridgehead atoms. The molecule has 0 aromatic heterocycles. The first-order valence-electron chi connectivity index (χ1n) is 4.66. The van der Waals surface area contributed by atoms with E-state index in [1.165, 1.54) is 12.8 Å². The van der Waals surface area contributed by atoms with E-state index in [0.717, 1.165) is 12.0 Å². The molecule has 0 aliphatic carbocycles. The molecule has 1 saturated heterocycles. The first kappa shape index (κ1) is 9.05. The van der Waals surface area contributed by atoms with E-state index in [1.807, 2.05) is 0 Å². The maximum absolute atomic E-state index is 2.51. The van der Waals surface area contributed by atoms with Gasteiger partial charge in [0.25, 0.3) is 0 Å². The molecule has 0 aromatic carbocycles. The Kier molecular flexibility index (Phi) is 2.29. The molecule has 1 heteroatoms. The molecule has 1 heterocycles. The van der Waals surface area contributed by atoms with Gasteiger partial charge in [-0.2, -0.15) is 0 Å². The summed E-state index contributed by atoms with van der Waals surface area (Å²) in [5, 5.41) is 0. The van der Waals surface area contributed by atoms with Crippen molar-refractivity contribution in [1.29, 1.82) is 0 Å². The van der Waals surface area contributed by atoms with Crippen molar-refractivity contribution in [2.45, 2.75) is 52.1 Å². The third-order valence-electron chi connectivity index (χ3n) is 3.21. The topological polar surface area (TPSA) is 3.24 Å². The van der Waals surface area contributed by atoms with Crippen LogP contribution >= 0.6 is 0 Å². The maximum atomic E-state index is 2.51. The minimum Gasteiger partial charge on any atom is -0.299 e. The Morgan fingerprint density at radius 3 is 2.27 bits per heavy atom. The van der Waals surface area contributed by atoms with Crippen LogP contribution in [0.15, 0.2) is 0 Å². The molecule has 66 valence electrons. The zero-order valence-electron chi connectivity index (χ0n) is 8.52. The van der Waals surface area contributed by atoms with Crippen LogP contribution in [0.4, 0.5) is 0 Å². The van der Waals surface area contributed by atoms with Crippen molar-refractivity contribution in [3.8, 4) is 0 Å². The molecule has 1 nitrogen and oxygen atoms in total. The lowest BCUT2D eigenvalue weighted by molar-refractivity contribution is 0.0328. The molecule has 0 unspecified atom stereocenters. The molecule has 1 rings (SSSR count). The van der Waals surface area contributed by atoms with Crippen LogP contribution in [0.3, 0.4) is 0 Å². The van der Waals surface area contributed by atoms with Crippen molar-refractivity contribution in [2.24, 2.45) is 5.92 Å². The van der Waals surface area contributed by atoms with E-state index in [2.05, 4.69) is 39.6 Å². The van der Waals surface area contributed by atoms with Gasteiger partial charge in [0.05, 0.1) is 0 Å². The Balaban J connectivity index is 2.67. The third kappa shape index (κ3) is 1.76. The SMILES string of the molecule is C[C@@H]1C[C@H](C)N(C)C(C)(C)C1. The first-order chi connectivity index (χ1) is 4.93. The zero-order chi connectivity index (χ0) is 8.65. The summed E-state index contributed by atoms with van der Waals surface area (Å²) in [6.45, 7) is 9.39. The van der Waals surface area contributed by atoms with Gasteiger partial charge in [-0.1, -0.05) is 6.92 Å². The van der Waals surface area contributed by atoms with Gasteiger partial charge in [-0.25, -0.2) is 0 Å². The summed E-state index contributed by atoms with van der Waals surface area (Å²) in [4.78, 5) is 2.51. The lowest BCUT2D eigenvalue weighted by Gasteiger charge is -2.47. The smallest absolute Gasteiger partial charge is 0.0155 e. The van der Waals surface area contributed by atoms with Gasteiger partial charge in [-0.15, -0.1) is 0 Å².